The predicted octanol–water partition coefficient (Wildman–Crippen LogP) is 3.56. The van der Waals surface area contributed by atoms with Crippen molar-refractivity contribution in [1.29, 1.82) is 0 Å². The topological polar surface area (TPSA) is 26.0 Å². The number of rotatable bonds is 4. The normalized spacial score (nSPS) is 12.2. The van der Waals surface area contributed by atoms with E-state index < -0.39 is 5.92 Å². The zero-order chi connectivity index (χ0) is 12.3. The van der Waals surface area contributed by atoms with Gasteiger partial charge in [0.25, 0.3) is 5.92 Å². The van der Waals surface area contributed by atoms with E-state index >= 15 is 0 Å². The Balaban J connectivity index is 3.16. The minimum atomic E-state index is -2.82. The van der Waals surface area contributed by atoms with Gasteiger partial charge in [0.2, 0.25) is 0 Å². The first-order chi connectivity index (χ1) is 7.38. The standard InChI is InChI=1S/C13H19F2N/c1-9(2)11-5-4-10(3)12(8-11)13(14,15)6-7-16/h4-5,8-9H,6-7,16H2,1-3H3. The van der Waals surface area contributed by atoms with Crippen molar-refractivity contribution in [3.8, 4) is 0 Å². The monoisotopic (exact) mass is 227 g/mol. The Morgan fingerprint density at radius 2 is 1.94 bits per heavy atom. The molecule has 0 saturated heterocycles. The Bertz CT molecular complexity index is 359. The molecule has 0 aromatic heterocycles. The predicted molar refractivity (Wildman–Crippen MR) is 62.8 cm³/mol. The summed E-state index contributed by atoms with van der Waals surface area (Å²) in [6, 6.07) is 5.27. The first-order valence-corrected chi connectivity index (χ1v) is 5.57. The number of alkyl halides is 2. The van der Waals surface area contributed by atoms with Crippen LogP contribution in [0.15, 0.2) is 18.2 Å². The Kier molecular flexibility index (Phi) is 4.03. The summed E-state index contributed by atoms with van der Waals surface area (Å²) < 4.78 is 27.6. The molecule has 0 atom stereocenters. The molecule has 2 N–H and O–H groups in total. The molecule has 3 heteroatoms. The molecule has 0 unspecified atom stereocenters. The summed E-state index contributed by atoms with van der Waals surface area (Å²) in [4.78, 5) is 0. The molecule has 1 aromatic rings. The second-order valence-electron chi connectivity index (χ2n) is 4.47. The third kappa shape index (κ3) is 2.79. The van der Waals surface area contributed by atoms with Gasteiger partial charge in [0, 0.05) is 12.0 Å². The molecular formula is C13H19F2N. The van der Waals surface area contributed by atoms with Gasteiger partial charge in [-0.05, 0) is 36.6 Å². The van der Waals surface area contributed by atoms with Crippen LogP contribution in [0.25, 0.3) is 0 Å². The summed E-state index contributed by atoms with van der Waals surface area (Å²) in [6.07, 6.45) is -0.296. The van der Waals surface area contributed by atoms with Gasteiger partial charge in [0.1, 0.15) is 0 Å². The fourth-order valence-corrected chi connectivity index (χ4v) is 1.71. The van der Waals surface area contributed by atoms with E-state index in [-0.39, 0.29) is 24.4 Å². The van der Waals surface area contributed by atoms with Gasteiger partial charge < -0.3 is 5.73 Å². The Hall–Kier alpha value is -0.960. The van der Waals surface area contributed by atoms with Crippen molar-refractivity contribution in [1.82, 2.24) is 0 Å². The van der Waals surface area contributed by atoms with Gasteiger partial charge in [-0.2, -0.15) is 0 Å². The van der Waals surface area contributed by atoms with E-state index in [2.05, 4.69) is 0 Å². The summed E-state index contributed by atoms with van der Waals surface area (Å²) in [7, 11) is 0. The smallest absolute Gasteiger partial charge is 0.274 e. The maximum atomic E-state index is 13.8. The van der Waals surface area contributed by atoms with E-state index in [4.69, 9.17) is 5.73 Å². The van der Waals surface area contributed by atoms with E-state index in [0.717, 1.165) is 5.56 Å². The third-order valence-electron chi connectivity index (χ3n) is 2.78. The number of hydrogen-bond acceptors (Lipinski definition) is 1. The van der Waals surface area contributed by atoms with Gasteiger partial charge in [-0.15, -0.1) is 0 Å². The molecule has 1 rings (SSSR count). The van der Waals surface area contributed by atoms with Gasteiger partial charge in [0.15, 0.2) is 0 Å². The quantitative estimate of drug-likeness (QED) is 0.836. The van der Waals surface area contributed by atoms with Crippen LogP contribution in [0.4, 0.5) is 8.78 Å². The van der Waals surface area contributed by atoms with Crippen molar-refractivity contribution < 1.29 is 8.78 Å². The molecule has 0 amide bonds. The van der Waals surface area contributed by atoms with Crippen LogP contribution in [0.3, 0.4) is 0 Å². The van der Waals surface area contributed by atoms with Crippen LogP contribution < -0.4 is 5.73 Å². The summed E-state index contributed by atoms with van der Waals surface area (Å²) >= 11 is 0. The van der Waals surface area contributed by atoms with E-state index in [1.807, 2.05) is 19.9 Å². The van der Waals surface area contributed by atoms with Crippen LogP contribution in [0, 0.1) is 6.92 Å². The minimum absolute atomic E-state index is 0.00164. The highest BCUT2D eigenvalue weighted by molar-refractivity contribution is 5.35. The van der Waals surface area contributed by atoms with E-state index in [1.54, 1.807) is 19.1 Å². The minimum Gasteiger partial charge on any atom is -0.330 e. The van der Waals surface area contributed by atoms with Crippen molar-refractivity contribution in [2.45, 2.75) is 39.0 Å². The number of aryl methyl sites for hydroxylation is 1. The summed E-state index contributed by atoms with van der Waals surface area (Å²) in [5, 5.41) is 0. The highest BCUT2D eigenvalue weighted by Gasteiger charge is 2.32. The van der Waals surface area contributed by atoms with Crippen LogP contribution in [0.1, 0.15) is 42.9 Å². The average Bonchev–Trinajstić information content (AvgIpc) is 2.17. The lowest BCUT2D eigenvalue weighted by Crippen LogP contribution is -2.20. The Morgan fingerprint density at radius 3 is 2.44 bits per heavy atom. The molecule has 0 fully saturated rings. The molecule has 0 bridgehead atoms. The van der Waals surface area contributed by atoms with Crippen LogP contribution in [0.5, 0.6) is 0 Å². The number of nitrogens with two attached hydrogens (primary N) is 1. The van der Waals surface area contributed by atoms with E-state index in [1.165, 1.54) is 0 Å². The third-order valence-corrected chi connectivity index (χ3v) is 2.78. The van der Waals surface area contributed by atoms with Crippen LogP contribution in [-0.4, -0.2) is 6.54 Å². The molecule has 0 heterocycles. The molecule has 0 saturated carbocycles. The summed E-state index contributed by atoms with van der Waals surface area (Å²) in [5.41, 5.74) is 6.90. The number of hydrogen-bond donors (Lipinski definition) is 1. The Morgan fingerprint density at radius 1 is 1.31 bits per heavy atom. The highest BCUT2D eigenvalue weighted by Crippen LogP contribution is 2.35. The molecule has 0 radical (unpaired) electrons. The number of benzene rings is 1. The maximum absolute atomic E-state index is 13.8. The molecule has 0 spiro atoms. The van der Waals surface area contributed by atoms with Crippen molar-refractivity contribution in [2.24, 2.45) is 5.73 Å². The largest absolute Gasteiger partial charge is 0.330 e. The van der Waals surface area contributed by atoms with Crippen molar-refractivity contribution >= 4 is 0 Å². The lowest BCUT2D eigenvalue weighted by atomic mass is 9.93. The van der Waals surface area contributed by atoms with Gasteiger partial charge in [-0.3, -0.25) is 0 Å². The van der Waals surface area contributed by atoms with Gasteiger partial charge in [-0.25, -0.2) is 8.78 Å². The van der Waals surface area contributed by atoms with Crippen molar-refractivity contribution in [3.05, 3.63) is 34.9 Å². The lowest BCUT2D eigenvalue weighted by molar-refractivity contribution is -0.0114. The van der Waals surface area contributed by atoms with Crippen molar-refractivity contribution in [3.63, 3.8) is 0 Å². The molecule has 16 heavy (non-hydrogen) atoms. The fraction of sp³-hybridized carbons (Fsp3) is 0.538. The second-order valence-corrected chi connectivity index (χ2v) is 4.47. The van der Waals surface area contributed by atoms with E-state index in [0.29, 0.717) is 5.56 Å². The zero-order valence-corrected chi connectivity index (χ0v) is 10.1. The summed E-state index contributed by atoms with van der Waals surface area (Å²) in [6.45, 7) is 5.70. The van der Waals surface area contributed by atoms with E-state index in [9.17, 15) is 8.78 Å². The number of halogens is 2. The molecular weight excluding hydrogens is 208 g/mol. The Labute approximate surface area is 95.7 Å². The first kappa shape index (κ1) is 13.1. The van der Waals surface area contributed by atoms with Gasteiger partial charge in [-0.1, -0.05) is 26.0 Å². The molecule has 1 nitrogen and oxygen atoms in total. The average molecular weight is 227 g/mol. The fourth-order valence-electron chi connectivity index (χ4n) is 1.71. The van der Waals surface area contributed by atoms with Crippen molar-refractivity contribution in [2.75, 3.05) is 6.54 Å². The molecule has 0 aliphatic carbocycles. The molecule has 0 aliphatic rings. The first-order valence-electron chi connectivity index (χ1n) is 5.57. The second kappa shape index (κ2) is 4.91. The summed E-state index contributed by atoms with van der Waals surface area (Å²) in [5.74, 6) is -2.56. The zero-order valence-electron chi connectivity index (χ0n) is 10.1. The van der Waals surface area contributed by atoms with Gasteiger partial charge >= 0.3 is 0 Å². The molecule has 0 aliphatic heterocycles. The maximum Gasteiger partial charge on any atom is 0.274 e. The van der Waals surface area contributed by atoms with Crippen LogP contribution in [-0.2, 0) is 5.92 Å². The van der Waals surface area contributed by atoms with Crippen LogP contribution in [0.2, 0.25) is 0 Å². The van der Waals surface area contributed by atoms with Gasteiger partial charge in [0.05, 0.1) is 0 Å². The molecule has 1 aromatic carbocycles. The highest BCUT2D eigenvalue weighted by atomic mass is 19.3. The van der Waals surface area contributed by atoms with Crippen LogP contribution >= 0.6 is 0 Å². The lowest BCUT2D eigenvalue weighted by Gasteiger charge is -2.20. The molecule has 90 valence electrons. The SMILES string of the molecule is Cc1ccc(C(C)C)cc1C(F)(F)CCN.